The molecule has 0 N–H and O–H groups in total. The van der Waals surface area contributed by atoms with Gasteiger partial charge in [-0.2, -0.15) is 43.9 Å². The minimum atomic E-state index is -7.20. The molecule has 1 heterocycles. The Balaban J connectivity index is 0.000000404. The molecular weight excluding hydrogens is 656 g/mol. The van der Waals surface area contributed by atoms with E-state index >= 15 is 0 Å². The highest BCUT2D eigenvalue weighted by Crippen LogP contribution is 2.52. The first-order valence-corrected chi connectivity index (χ1v) is 16.4. The topological polar surface area (TPSA) is 68.3 Å². The van der Waals surface area contributed by atoms with Gasteiger partial charge in [0, 0.05) is 6.42 Å². The van der Waals surface area contributed by atoms with Gasteiger partial charge in [-0.1, -0.05) is 43.7 Å². The molecule has 44 heavy (non-hydrogen) atoms. The molecule has 248 valence electrons. The van der Waals surface area contributed by atoms with Crippen LogP contribution >= 0.6 is 0 Å². The zero-order chi connectivity index (χ0) is 33.6. The summed E-state index contributed by atoms with van der Waals surface area (Å²) in [5.74, 6) is 0. The van der Waals surface area contributed by atoms with Gasteiger partial charge in [-0.05, 0) is 54.0 Å². The SMILES string of the molecule is CCCC[N+]1(C)CCCCC1.O=S(=O)(c1ccc2c(c1S(=O)(=O)C(F)(F)C(F)(F)F)Cc1ccccc1-2)C(F)(F)C(F)(F)F. The zero-order valence-electron chi connectivity index (χ0n) is 23.5. The standard InChI is InChI=1S/C17H8F10O4S2.C10H22N/c18-14(19,20)16(24,25)32(28,29)12-6-5-10-9-4-2-1-3-8(9)7-11(10)13(12)33(30,31)17(26,27)15(21,22)23;1-3-4-8-11(2)9-6-5-7-10-11/h1-6H,7H2;3-10H2,1-2H3/q;+1. The number of likely N-dealkylation sites (tertiary alicyclic amines) is 1. The van der Waals surface area contributed by atoms with Crippen molar-refractivity contribution in [3.8, 4) is 11.1 Å². The summed E-state index contributed by atoms with van der Waals surface area (Å²) in [6.07, 6.45) is -7.37. The number of quaternary nitrogens is 1. The number of hydrogen-bond donors (Lipinski definition) is 0. The van der Waals surface area contributed by atoms with Crippen LogP contribution in [0.3, 0.4) is 0 Å². The predicted octanol–water partition coefficient (Wildman–Crippen LogP) is 7.53. The molecule has 2 aliphatic rings. The molecule has 0 unspecified atom stereocenters. The molecule has 0 spiro atoms. The van der Waals surface area contributed by atoms with Crippen molar-refractivity contribution in [1.82, 2.24) is 0 Å². The molecule has 0 bridgehead atoms. The molecule has 0 radical (unpaired) electrons. The van der Waals surface area contributed by atoms with Crippen molar-refractivity contribution >= 4 is 19.7 Å². The first kappa shape index (κ1) is 36.1. The van der Waals surface area contributed by atoms with E-state index in [-0.39, 0.29) is 17.2 Å². The first-order chi connectivity index (χ1) is 20.0. The molecule has 4 rings (SSSR count). The molecule has 2 aromatic rings. The maximum absolute atomic E-state index is 14.0. The molecular formula is C27H30F10NO4S2+. The van der Waals surface area contributed by atoms with E-state index in [1.165, 1.54) is 80.5 Å². The molecule has 0 atom stereocenters. The van der Waals surface area contributed by atoms with Gasteiger partial charge in [0.15, 0.2) is 0 Å². The quantitative estimate of drug-likeness (QED) is 0.191. The number of sulfone groups is 2. The van der Waals surface area contributed by atoms with E-state index in [9.17, 15) is 60.7 Å². The van der Waals surface area contributed by atoms with Crippen molar-refractivity contribution in [2.45, 2.75) is 78.1 Å². The van der Waals surface area contributed by atoms with Crippen LogP contribution in [0.4, 0.5) is 43.9 Å². The van der Waals surface area contributed by atoms with E-state index in [4.69, 9.17) is 0 Å². The molecule has 0 saturated carbocycles. The molecule has 0 aromatic heterocycles. The lowest BCUT2D eigenvalue weighted by Gasteiger charge is -2.37. The highest BCUT2D eigenvalue weighted by molar-refractivity contribution is 7.95. The van der Waals surface area contributed by atoms with E-state index in [0.29, 0.717) is 6.07 Å². The van der Waals surface area contributed by atoms with Crippen LogP contribution in [0.5, 0.6) is 0 Å². The summed E-state index contributed by atoms with van der Waals surface area (Å²) in [6.45, 7) is 6.56. The normalized spacial score (nSPS) is 17.4. The molecule has 17 heteroatoms. The second kappa shape index (κ2) is 12.1. The fourth-order valence-electron chi connectivity index (χ4n) is 5.28. The monoisotopic (exact) mass is 686 g/mol. The van der Waals surface area contributed by atoms with Gasteiger partial charge < -0.3 is 4.48 Å². The van der Waals surface area contributed by atoms with Crippen LogP contribution in [-0.4, -0.2) is 70.9 Å². The number of hydrogen-bond acceptors (Lipinski definition) is 4. The third kappa shape index (κ3) is 6.32. The average Bonchev–Trinajstić information content (AvgIpc) is 3.29. The second-order valence-electron chi connectivity index (χ2n) is 11.0. The number of halogens is 10. The van der Waals surface area contributed by atoms with Gasteiger partial charge in [-0.3, -0.25) is 0 Å². The Labute approximate surface area is 248 Å². The third-order valence-electron chi connectivity index (χ3n) is 7.74. The maximum Gasteiger partial charge on any atom is 0.469 e. The van der Waals surface area contributed by atoms with Gasteiger partial charge in [-0.25, -0.2) is 16.8 Å². The van der Waals surface area contributed by atoms with E-state index in [1.54, 1.807) is 0 Å². The van der Waals surface area contributed by atoms with Crippen LogP contribution in [-0.2, 0) is 26.1 Å². The molecule has 1 aliphatic carbocycles. The summed E-state index contributed by atoms with van der Waals surface area (Å²) in [7, 11) is -11.9. The Morgan fingerprint density at radius 3 is 1.75 bits per heavy atom. The number of fused-ring (bicyclic) bond motifs is 3. The molecule has 0 amide bonds. The van der Waals surface area contributed by atoms with Crippen LogP contribution in [0.15, 0.2) is 46.2 Å². The number of unbranched alkanes of at least 4 members (excludes halogenated alkanes) is 1. The Morgan fingerprint density at radius 2 is 1.23 bits per heavy atom. The highest BCUT2D eigenvalue weighted by atomic mass is 32.2. The average molecular weight is 687 g/mol. The summed E-state index contributed by atoms with van der Waals surface area (Å²) in [4.78, 5) is -5.00. The van der Waals surface area contributed by atoms with E-state index in [2.05, 4.69) is 14.0 Å². The summed E-state index contributed by atoms with van der Waals surface area (Å²) in [5, 5.41) is -13.4. The Kier molecular flexibility index (Phi) is 9.90. The van der Waals surface area contributed by atoms with Gasteiger partial charge in [-0.15, -0.1) is 0 Å². The molecule has 1 fully saturated rings. The third-order valence-corrected chi connectivity index (χ3v) is 11.6. The minimum absolute atomic E-state index is 0.0332. The van der Waals surface area contributed by atoms with Crippen molar-refractivity contribution in [3.05, 3.63) is 47.5 Å². The number of rotatable bonds is 7. The van der Waals surface area contributed by atoms with Gasteiger partial charge in [0.05, 0.1) is 36.5 Å². The van der Waals surface area contributed by atoms with Crippen LogP contribution < -0.4 is 0 Å². The van der Waals surface area contributed by atoms with E-state index in [0.717, 1.165) is 0 Å². The van der Waals surface area contributed by atoms with E-state index < -0.39 is 69.9 Å². The lowest BCUT2D eigenvalue weighted by Crippen LogP contribution is -2.48. The van der Waals surface area contributed by atoms with Crippen molar-refractivity contribution in [3.63, 3.8) is 0 Å². The molecule has 2 aromatic carbocycles. The summed E-state index contributed by atoms with van der Waals surface area (Å²) < 4.78 is 183. The fourth-order valence-corrected chi connectivity index (χ4v) is 8.53. The van der Waals surface area contributed by atoms with Crippen LogP contribution in [0.25, 0.3) is 11.1 Å². The van der Waals surface area contributed by atoms with Gasteiger partial charge in [0.25, 0.3) is 19.7 Å². The first-order valence-electron chi connectivity index (χ1n) is 13.4. The molecule has 1 aliphatic heterocycles. The highest BCUT2D eigenvalue weighted by Gasteiger charge is 2.71. The lowest BCUT2D eigenvalue weighted by atomic mass is 10.1. The fraction of sp³-hybridized carbons (Fsp3) is 0.556. The summed E-state index contributed by atoms with van der Waals surface area (Å²) >= 11 is 0. The Hall–Kier alpha value is -2.40. The number of benzene rings is 2. The summed E-state index contributed by atoms with van der Waals surface area (Å²) in [6, 6.07) is 5.54. The predicted molar refractivity (Wildman–Crippen MR) is 141 cm³/mol. The van der Waals surface area contributed by atoms with Gasteiger partial charge in [0.2, 0.25) is 0 Å². The molecule has 1 saturated heterocycles. The largest absolute Gasteiger partial charge is 0.469 e. The van der Waals surface area contributed by atoms with Gasteiger partial charge in [0.1, 0.15) is 0 Å². The van der Waals surface area contributed by atoms with Crippen LogP contribution in [0.2, 0.25) is 0 Å². The lowest BCUT2D eigenvalue weighted by molar-refractivity contribution is -0.914. The van der Waals surface area contributed by atoms with Crippen molar-refractivity contribution in [1.29, 1.82) is 0 Å². The number of alkyl halides is 10. The summed E-state index contributed by atoms with van der Waals surface area (Å²) in [5.41, 5.74) is -1.39. The second-order valence-corrected chi connectivity index (χ2v) is 14.9. The number of piperidine rings is 1. The van der Waals surface area contributed by atoms with Gasteiger partial charge >= 0.3 is 22.9 Å². The van der Waals surface area contributed by atoms with Crippen molar-refractivity contribution in [2.75, 3.05) is 26.7 Å². The van der Waals surface area contributed by atoms with E-state index in [1.807, 2.05) is 0 Å². The zero-order valence-corrected chi connectivity index (χ0v) is 25.1. The Bertz CT molecular complexity index is 1580. The molecule has 5 nitrogen and oxygen atoms in total. The Morgan fingerprint density at radius 1 is 0.705 bits per heavy atom. The minimum Gasteiger partial charge on any atom is -0.326 e. The van der Waals surface area contributed by atoms with Crippen molar-refractivity contribution < 1.29 is 65.2 Å². The van der Waals surface area contributed by atoms with Crippen LogP contribution in [0, 0.1) is 0 Å². The smallest absolute Gasteiger partial charge is 0.326 e. The maximum atomic E-state index is 14.0. The van der Waals surface area contributed by atoms with Crippen LogP contribution in [0.1, 0.15) is 50.2 Å². The number of nitrogens with zero attached hydrogens (tertiary/aromatic N) is 1. The van der Waals surface area contributed by atoms with Crippen molar-refractivity contribution in [2.24, 2.45) is 0 Å².